The van der Waals surface area contributed by atoms with Gasteiger partial charge in [0.1, 0.15) is 11.3 Å². The number of nitrogens with zero attached hydrogens (tertiary/aromatic N) is 4. The lowest BCUT2D eigenvalue weighted by Gasteiger charge is -2.38. The van der Waals surface area contributed by atoms with Crippen LogP contribution in [0.15, 0.2) is 53.4 Å². The Morgan fingerprint density at radius 1 is 1.03 bits per heavy atom. The minimum atomic E-state index is -3.59. The molecule has 1 aromatic heterocycles. The van der Waals surface area contributed by atoms with Crippen molar-refractivity contribution < 1.29 is 17.9 Å². The van der Waals surface area contributed by atoms with E-state index in [2.05, 4.69) is 4.90 Å². The molecule has 2 aliphatic heterocycles. The predicted molar refractivity (Wildman–Crippen MR) is 133 cm³/mol. The molecule has 3 heterocycles. The summed E-state index contributed by atoms with van der Waals surface area (Å²) >= 11 is 1.63. The Hall–Kier alpha value is -2.69. The minimum Gasteiger partial charge on any atom is -0.494 e. The number of carbonyl (C=O) groups excluding carboxylic acids is 1. The number of fused-ring (bicyclic) bond motifs is 1. The number of piperazine rings is 1. The Bertz CT molecular complexity index is 1270. The number of thiazole rings is 1. The number of ether oxygens (including phenoxy) is 1. The second-order valence-electron chi connectivity index (χ2n) is 8.63. The molecule has 0 N–H and O–H groups in total. The van der Waals surface area contributed by atoms with Crippen LogP contribution in [0.4, 0.5) is 5.13 Å². The van der Waals surface area contributed by atoms with Crippen LogP contribution in [0.3, 0.4) is 0 Å². The molecule has 0 aliphatic carbocycles. The fourth-order valence-corrected chi connectivity index (χ4v) is 7.27. The zero-order valence-electron chi connectivity index (χ0n) is 19.1. The highest BCUT2D eigenvalue weighted by Gasteiger charge is 2.36. The van der Waals surface area contributed by atoms with Crippen LogP contribution < -0.4 is 9.64 Å². The van der Waals surface area contributed by atoms with Crippen LogP contribution in [-0.2, 0) is 14.8 Å². The SMILES string of the molecule is COc1cccc2sc(N3CCN(C(=O)C4CCCN(S(=O)(=O)c5ccccc5)C4)CC3)nc12. The van der Waals surface area contributed by atoms with Crippen LogP contribution in [0.2, 0.25) is 0 Å². The summed E-state index contributed by atoms with van der Waals surface area (Å²) in [4.78, 5) is 22.4. The summed E-state index contributed by atoms with van der Waals surface area (Å²) in [6.07, 6.45) is 1.41. The van der Waals surface area contributed by atoms with Crippen molar-refractivity contribution >= 4 is 42.6 Å². The number of hydrogen-bond acceptors (Lipinski definition) is 7. The lowest BCUT2D eigenvalue weighted by molar-refractivity contribution is -0.137. The maximum Gasteiger partial charge on any atom is 0.243 e. The van der Waals surface area contributed by atoms with Crippen molar-refractivity contribution in [2.45, 2.75) is 17.7 Å². The van der Waals surface area contributed by atoms with Crippen LogP contribution >= 0.6 is 11.3 Å². The van der Waals surface area contributed by atoms with Gasteiger partial charge in [0.2, 0.25) is 15.9 Å². The summed E-state index contributed by atoms with van der Waals surface area (Å²) < 4.78 is 34.0. The van der Waals surface area contributed by atoms with E-state index in [0.29, 0.717) is 39.1 Å². The third kappa shape index (κ3) is 4.37. The third-order valence-corrected chi connectivity index (χ3v) is 9.53. The maximum absolute atomic E-state index is 13.3. The molecule has 5 rings (SSSR count). The number of benzene rings is 2. The maximum atomic E-state index is 13.3. The molecular formula is C24H28N4O4S2. The van der Waals surface area contributed by atoms with E-state index in [4.69, 9.17) is 9.72 Å². The molecule has 0 spiro atoms. The number of piperidine rings is 1. The van der Waals surface area contributed by atoms with Gasteiger partial charge in [-0.25, -0.2) is 13.4 Å². The zero-order chi connectivity index (χ0) is 23.7. The number of hydrogen-bond donors (Lipinski definition) is 0. The van der Waals surface area contributed by atoms with E-state index in [9.17, 15) is 13.2 Å². The van der Waals surface area contributed by atoms with Crippen molar-refractivity contribution in [2.24, 2.45) is 5.92 Å². The van der Waals surface area contributed by atoms with Gasteiger partial charge in [0.15, 0.2) is 5.13 Å². The second kappa shape index (κ2) is 9.52. The zero-order valence-corrected chi connectivity index (χ0v) is 20.7. The average molecular weight is 501 g/mol. The van der Waals surface area contributed by atoms with E-state index in [0.717, 1.165) is 27.5 Å². The molecule has 0 bridgehead atoms. The Morgan fingerprint density at radius 2 is 1.79 bits per heavy atom. The molecule has 34 heavy (non-hydrogen) atoms. The summed E-state index contributed by atoms with van der Waals surface area (Å²) in [5.41, 5.74) is 0.866. The van der Waals surface area contributed by atoms with Crippen molar-refractivity contribution in [3.05, 3.63) is 48.5 Å². The largest absolute Gasteiger partial charge is 0.494 e. The van der Waals surface area contributed by atoms with E-state index in [1.807, 2.05) is 23.1 Å². The molecule has 1 unspecified atom stereocenters. The molecule has 2 aliphatic rings. The number of rotatable bonds is 5. The first-order chi connectivity index (χ1) is 16.5. The monoisotopic (exact) mass is 500 g/mol. The van der Waals surface area contributed by atoms with Gasteiger partial charge in [-0.3, -0.25) is 4.79 Å². The smallest absolute Gasteiger partial charge is 0.243 e. The van der Waals surface area contributed by atoms with Gasteiger partial charge in [0.25, 0.3) is 0 Å². The Balaban J connectivity index is 1.23. The lowest BCUT2D eigenvalue weighted by Crippen LogP contribution is -2.53. The first-order valence-corrected chi connectivity index (χ1v) is 13.8. The van der Waals surface area contributed by atoms with Crippen LogP contribution in [0, 0.1) is 5.92 Å². The number of anilines is 1. The molecule has 2 fully saturated rings. The van der Waals surface area contributed by atoms with Gasteiger partial charge >= 0.3 is 0 Å². The second-order valence-corrected chi connectivity index (χ2v) is 11.6. The normalized spacial score (nSPS) is 20.0. The van der Waals surface area contributed by atoms with E-state index in [1.54, 1.807) is 48.8 Å². The average Bonchev–Trinajstić information content (AvgIpc) is 3.33. The summed E-state index contributed by atoms with van der Waals surface area (Å²) in [6, 6.07) is 14.4. The molecule has 1 amide bonds. The number of carbonyl (C=O) groups is 1. The van der Waals surface area contributed by atoms with Gasteiger partial charge in [-0.15, -0.1) is 0 Å². The Morgan fingerprint density at radius 3 is 2.53 bits per heavy atom. The van der Waals surface area contributed by atoms with E-state index < -0.39 is 10.0 Å². The summed E-state index contributed by atoms with van der Waals surface area (Å²) in [5.74, 6) is 0.519. The predicted octanol–water partition coefficient (Wildman–Crippen LogP) is 3.05. The van der Waals surface area contributed by atoms with Gasteiger partial charge in [-0.1, -0.05) is 35.6 Å². The van der Waals surface area contributed by atoms with Crippen molar-refractivity contribution in [1.82, 2.24) is 14.2 Å². The third-order valence-electron chi connectivity index (χ3n) is 6.57. The number of amides is 1. The number of sulfonamides is 1. The van der Waals surface area contributed by atoms with Gasteiger partial charge in [0, 0.05) is 39.3 Å². The van der Waals surface area contributed by atoms with Crippen LogP contribution in [-0.4, -0.2) is 74.9 Å². The van der Waals surface area contributed by atoms with Gasteiger partial charge in [-0.05, 0) is 37.1 Å². The van der Waals surface area contributed by atoms with Crippen molar-refractivity contribution in [1.29, 1.82) is 0 Å². The molecule has 3 aromatic rings. The highest BCUT2D eigenvalue weighted by molar-refractivity contribution is 7.89. The Kier molecular flexibility index (Phi) is 6.46. The first-order valence-electron chi connectivity index (χ1n) is 11.5. The fraction of sp³-hybridized carbons (Fsp3) is 0.417. The topological polar surface area (TPSA) is 83.0 Å². The van der Waals surface area contributed by atoms with E-state index >= 15 is 0 Å². The van der Waals surface area contributed by atoms with Gasteiger partial charge in [-0.2, -0.15) is 4.31 Å². The molecule has 0 radical (unpaired) electrons. The minimum absolute atomic E-state index is 0.0542. The van der Waals surface area contributed by atoms with E-state index in [1.165, 1.54) is 4.31 Å². The van der Waals surface area contributed by atoms with Crippen LogP contribution in [0.1, 0.15) is 12.8 Å². The van der Waals surface area contributed by atoms with E-state index in [-0.39, 0.29) is 23.3 Å². The van der Waals surface area contributed by atoms with Gasteiger partial charge in [0.05, 0.1) is 22.6 Å². The molecule has 2 saturated heterocycles. The summed E-state index contributed by atoms with van der Waals surface area (Å²) in [5, 5.41) is 0.935. The van der Waals surface area contributed by atoms with Crippen molar-refractivity contribution in [3.63, 3.8) is 0 Å². The highest BCUT2D eigenvalue weighted by Crippen LogP contribution is 2.34. The molecule has 10 heteroatoms. The van der Waals surface area contributed by atoms with Crippen molar-refractivity contribution in [2.75, 3.05) is 51.3 Å². The quantitative estimate of drug-likeness (QED) is 0.536. The number of aromatic nitrogens is 1. The highest BCUT2D eigenvalue weighted by atomic mass is 32.2. The lowest BCUT2D eigenvalue weighted by atomic mass is 9.98. The molecular weight excluding hydrogens is 472 g/mol. The fourth-order valence-electron chi connectivity index (χ4n) is 4.69. The summed E-state index contributed by atoms with van der Waals surface area (Å²) in [6.45, 7) is 3.31. The number of para-hydroxylation sites is 1. The molecule has 180 valence electrons. The standard InChI is InChI=1S/C24H28N4O4S2/c1-32-20-10-5-11-21-22(20)25-24(33-21)27-15-13-26(14-16-27)23(29)18-7-6-12-28(17-18)34(30,31)19-8-3-2-4-9-19/h2-5,8-11,18H,6-7,12-17H2,1H3. The van der Waals surface area contributed by atoms with Crippen LogP contribution in [0.25, 0.3) is 10.2 Å². The Labute approximate surface area is 203 Å². The first kappa shape index (κ1) is 23.1. The van der Waals surface area contributed by atoms with Crippen LogP contribution in [0.5, 0.6) is 5.75 Å². The van der Waals surface area contributed by atoms with Gasteiger partial charge < -0.3 is 14.5 Å². The summed E-state index contributed by atoms with van der Waals surface area (Å²) in [7, 11) is -1.94. The molecule has 8 nitrogen and oxygen atoms in total. The number of methoxy groups -OCH3 is 1. The molecule has 2 aromatic carbocycles. The van der Waals surface area contributed by atoms with Crippen molar-refractivity contribution in [3.8, 4) is 5.75 Å². The molecule has 1 atom stereocenters. The molecule has 0 saturated carbocycles.